The van der Waals surface area contributed by atoms with Crippen molar-refractivity contribution in [3.05, 3.63) is 47.0 Å². The first-order valence-electron chi connectivity index (χ1n) is 10.8. The van der Waals surface area contributed by atoms with Crippen LogP contribution in [0.15, 0.2) is 36.4 Å². The van der Waals surface area contributed by atoms with E-state index in [1.807, 2.05) is 38.1 Å². The Morgan fingerprint density at radius 3 is 2.77 bits per heavy atom. The number of benzene rings is 2. The van der Waals surface area contributed by atoms with Crippen molar-refractivity contribution in [2.75, 3.05) is 38.9 Å². The molecule has 0 spiro atoms. The molecule has 0 saturated carbocycles. The van der Waals surface area contributed by atoms with Crippen molar-refractivity contribution < 1.29 is 9.47 Å². The molecule has 0 aliphatic carbocycles. The van der Waals surface area contributed by atoms with E-state index in [9.17, 15) is 0 Å². The summed E-state index contributed by atoms with van der Waals surface area (Å²) < 4.78 is 11.3. The van der Waals surface area contributed by atoms with Gasteiger partial charge in [-0.3, -0.25) is 0 Å². The fraction of sp³-hybridized carbons (Fsp3) is 0.417. The second-order valence-electron chi connectivity index (χ2n) is 8.04. The second kappa shape index (κ2) is 9.81. The van der Waals surface area contributed by atoms with Gasteiger partial charge in [-0.25, -0.2) is 0 Å². The van der Waals surface area contributed by atoms with Gasteiger partial charge in [0.15, 0.2) is 12.6 Å². The molecule has 7 heteroatoms. The summed E-state index contributed by atoms with van der Waals surface area (Å²) in [7, 11) is 2.16. The second-order valence-corrected chi connectivity index (χ2v) is 8.48. The van der Waals surface area contributed by atoms with Crippen molar-refractivity contribution in [2.24, 2.45) is 0 Å². The number of nitrogens with zero attached hydrogens (tertiary/aromatic N) is 3. The van der Waals surface area contributed by atoms with Crippen LogP contribution in [0.5, 0.6) is 5.75 Å². The molecule has 31 heavy (non-hydrogen) atoms. The van der Waals surface area contributed by atoms with E-state index in [2.05, 4.69) is 39.6 Å². The number of hydrogen-bond acceptors (Lipinski definition) is 6. The van der Waals surface area contributed by atoms with Gasteiger partial charge in [0.1, 0.15) is 11.4 Å². The van der Waals surface area contributed by atoms with E-state index < -0.39 is 0 Å². The van der Waals surface area contributed by atoms with E-state index in [-0.39, 0.29) is 6.79 Å². The van der Waals surface area contributed by atoms with Crippen molar-refractivity contribution in [1.29, 1.82) is 0 Å². The van der Waals surface area contributed by atoms with Crippen molar-refractivity contribution in [1.82, 2.24) is 15.1 Å². The zero-order valence-corrected chi connectivity index (χ0v) is 19.1. The van der Waals surface area contributed by atoms with E-state index in [1.165, 1.54) is 6.42 Å². The van der Waals surface area contributed by atoms with Gasteiger partial charge in [-0.05, 0) is 58.0 Å². The molecule has 1 fully saturated rings. The third-order valence-electron chi connectivity index (χ3n) is 5.66. The monoisotopic (exact) mass is 440 g/mol. The zero-order chi connectivity index (χ0) is 21.8. The molecule has 1 N–H and O–H groups in total. The maximum Gasteiger partial charge on any atom is 0.189 e. The molecule has 1 aliphatic rings. The van der Waals surface area contributed by atoms with E-state index in [1.54, 1.807) is 0 Å². The van der Waals surface area contributed by atoms with Crippen LogP contribution in [-0.2, 0) is 4.74 Å². The molecule has 3 aromatic rings. The molecular formula is C24H29ClN4O2. The molecule has 1 aromatic heterocycles. The maximum absolute atomic E-state index is 6.32. The molecular weight excluding hydrogens is 412 g/mol. The number of aromatic nitrogens is 2. The molecule has 2 aromatic carbocycles. The maximum atomic E-state index is 6.32. The van der Waals surface area contributed by atoms with Gasteiger partial charge >= 0.3 is 0 Å². The largest absolute Gasteiger partial charge is 0.467 e. The van der Waals surface area contributed by atoms with Gasteiger partial charge in [0.25, 0.3) is 0 Å². The van der Waals surface area contributed by atoms with Gasteiger partial charge in [-0.2, -0.15) is 0 Å². The number of likely N-dealkylation sites (N-methyl/N-ethyl adjacent to an activating group) is 1. The number of nitrogens with one attached hydrogen (secondary N) is 1. The zero-order valence-electron chi connectivity index (χ0n) is 18.3. The number of anilines is 1. The van der Waals surface area contributed by atoms with Crippen LogP contribution >= 0.6 is 11.6 Å². The van der Waals surface area contributed by atoms with Crippen molar-refractivity contribution in [3.63, 3.8) is 0 Å². The minimum Gasteiger partial charge on any atom is -0.467 e. The van der Waals surface area contributed by atoms with Gasteiger partial charge in [0.05, 0.1) is 0 Å². The minimum absolute atomic E-state index is 0.156. The summed E-state index contributed by atoms with van der Waals surface area (Å²) in [6.45, 7) is 6.82. The minimum atomic E-state index is 0.156. The number of ether oxygens (including phenoxy) is 2. The Morgan fingerprint density at radius 1 is 1.19 bits per heavy atom. The first-order chi connectivity index (χ1) is 15.1. The molecule has 0 bridgehead atoms. The molecule has 4 rings (SSSR count). The molecule has 1 saturated heterocycles. The number of fused-ring (bicyclic) bond motifs is 1. The summed E-state index contributed by atoms with van der Waals surface area (Å²) >= 11 is 6.32. The summed E-state index contributed by atoms with van der Waals surface area (Å²) in [5.41, 5.74) is 2.65. The molecule has 164 valence electrons. The van der Waals surface area contributed by atoms with Gasteiger partial charge in [0, 0.05) is 40.6 Å². The first-order valence-corrected chi connectivity index (χ1v) is 11.2. The van der Waals surface area contributed by atoms with Crippen LogP contribution in [0.3, 0.4) is 0 Å². The summed E-state index contributed by atoms with van der Waals surface area (Å²) in [4.78, 5) is 2.35. The average molecular weight is 441 g/mol. The van der Waals surface area contributed by atoms with Crippen molar-refractivity contribution in [3.8, 4) is 17.0 Å². The molecule has 2 heterocycles. The van der Waals surface area contributed by atoms with Gasteiger partial charge in [0.2, 0.25) is 0 Å². The fourth-order valence-electron chi connectivity index (χ4n) is 4.19. The Kier molecular flexibility index (Phi) is 6.90. The first kappa shape index (κ1) is 21.8. The lowest BCUT2D eigenvalue weighted by molar-refractivity contribution is 0.0227. The Bertz CT molecular complexity index is 1060. The Hall–Kier alpha value is -2.41. The number of likely N-dealkylation sites (tertiary alicyclic amines) is 1. The molecule has 6 nitrogen and oxygen atoms in total. The topological polar surface area (TPSA) is 59.5 Å². The van der Waals surface area contributed by atoms with Crippen LogP contribution in [0.2, 0.25) is 5.02 Å². The normalized spacial score (nSPS) is 17.1. The lowest BCUT2D eigenvalue weighted by Crippen LogP contribution is -2.40. The van der Waals surface area contributed by atoms with E-state index in [0.29, 0.717) is 23.4 Å². The summed E-state index contributed by atoms with van der Waals surface area (Å²) in [5.74, 6) is 1.47. The summed E-state index contributed by atoms with van der Waals surface area (Å²) in [6, 6.07) is 12.3. The quantitative estimate of drug-likeness (QED) is 0.405. The van der Waals surface area contributed by atoms with Crippen LogP contribution < -0.4 is 10.1 Å². The number of aryl methyl sites for hydroxylation is 1. The number of piperidine rings is 1. The highest BCUT2D eigenvalue weighted by Gasteiger charge is 2.21. The number of rotatable bonds is 7. The smallest absolute Gasteiger partial charge is 0.189 e. The summed E-state index contributed by atoms with van der Waals surface area (Å²) in [5, 5.41) is 15.6. The van der Waals surface area contributed by atoms with Gasteiger partial charge in [-0.1, -0.05) is 35.9 Å². The highest BCUT2D eigenvalue weighted by Crippen LogP contribution is 2.39. The van der Waals surface area contributed by atoms with Crippen LogP contribution in [0, 0.1) is 6.92 Å². The third-order valence-corrected chi connectivity index (χ3v) is 5.87. The molecule has 1 aliphatic heterocycles. The number of halogens is 1. The van der Waals surface area contributed by atoms with Crippen molar-refractivity contribution >= 4 is 28.2 Å². The predicted octanol–water partition coefficient (Wildman–Crippen LogP) is 5.14. The average Bonchev–Trinajstić information content (AvgIpc) is 2.75. The highest BCUT2D eigenvalue weighted by atomic mass is 35.5. The van der Waals surface area contributed by atoms with E-state index >= 15 is 0 Å². The summed E-state index contributed by atoms with van der Waals surface area (Å²) in [6.07, 6.45) is 2.32. The van der Waals surface area contributed by atoms with Crippen LogP contribution in [0.1, 0.15) is 25.3 Å². The third kappa shape index (κ3) is 4.92. The Morgan fingerprint density at radius 2 is 2.00 bits per heavy atom. The Labute approximate surface area is 188 Å². The van der Waals surface area contributed by atoms with Crippen LogP contribution in [0.4, 0.5) is 5.82 Å². The lowest BCUT2D eigenvalue weighted by atomic mass is 9.99. The molecule has 1 atom stereocenters. The molecule has 0 amide bonds. The lowest BCUT2D eigenvalue weighted by Gasteiger charge is -2.30. The Balaban J connectivity index is 1.76. The van der Waals surface area contributed by atoms with E-state index in [4.69, 9.17) is 21.1 Å². The van der Waals surface area contributed by atoms with Crippen LogP contribution in [-0.4, -0.2) is 54.7 Å². The number of hydrogen-bond donors (Lipinski definition) is 1. The standard InChI is InChI=1S/C24H29ClN4O2/c1-4-30-15-31-21-13-17(25)12-16(2)22(21)23-19-9-5-6-10-20(19)24(28-27-23)26-18-8-7-11-29(3)14-18/h5-6,9-10,12-13,18H,4,7-8,11,14-15H2,1-3H3,(H,26,28). The fourth-order valence-corrected chi connectivity index (χ4v) is 4.45. The van der Waals surface area contributed by atoms with Crippen LogP contribution in [0.25, 0.3) is 22.0 Å². The highest BCUT2D eigenvalue weighted by molar-refractivity contribution is 6.31. The molecule has 1 unspecified atom stereocenters. The molecule has 0 radical (unpaired) electrons. The van der Waals surface area contributed by atoms with Gasteiger partial charge < -0.3 is 19.7 Å². The predicted molar refractivity (Wildman–Crippen MR) is 126 cm³/mol. The van der Waals surface area contributed by atoms with Crippen molar-refractivity contribution in [2.45, 2.75) is 32.7 Å². The SMILES string of the molecule is CCOCOc1cc(Cl)cc(C)c1-c1nnc(NC2CCCN(C)C2)c2ccccc12. The van der Waals surface area contributed by atoms with E-state index in [0.717, 1.165) is 52.9 Å². The van der Waals surface area contributed by atoms with Gasteiger partial charge in [-0.15, -0.1) is 10.2 Å².